The predicted molar refractivity (Wildman–Crippen MR) is 128 cm³/mol. The first-order valence-corrected chi connectivity index (χ1v) is 13.5. The highest BCUT2D eigenvalue weighted by molar-refractivity contribution is 4.97. The summed E-state index contributed by atoms with van der Waals surface area (Å²) in [4.78, 5) is 0. The summed E-state index contributed by atoms with van der Waals surface area (Å²) in [6, 6.07) is 0. The summed E-state index contributed by atoms with van der Waals surface area (Å²) in [7, 11) is 0. The second-order valence-electron chi connectivity index (χ2n) is 11.1. The van der Waals surface area contributed by atoms with Crippen molar-refractivity contribution < 1.29 is 84.2 Å². The standard InChI is InChI=1S/C24H42O17/c1-5-11(27)15(31)19(21(34)35-5)40-24-20(41-23-17(33)14(30)10(26)7(3)37-23)18(12(28)8(4)38-24)39-22-16(32)13(29)9(25)6(2)36-22/h5-34H,1-4H3/t5-,6-,7-,8-,9-,10-,11-,12-,13+,14+,15+,16+,17+,18+,19+,20+,21+,22-,23-,24-/m0/s1. The van der Waals surface area contributed by atoms with E-state index >= 15 is 0 Å². The van der Waals surface area contributed by atoms with Gasteiger partial charge in [-0.3, -0.25) is 0 Å². The molecule has 20 atom stereocenters. The fourth-order valence-electron chi connectivity index (χ4n) is 5.28. The minimum atomic E-state index is -1.82. The summed E-state index contributed by atoms with van der Waals surface area (Å²) in [5, 5.41) is 104. The highest BCUT2D eigenvalue weighted by Gasteiger charge is 2.55. The first-order valence-electron chi connectivity index (χ1n) is 13.5. The van der Waals surface area contributed by atoms with Gasteiger partial charge < -0.3 is 84.2 Å². The van der Waals surface area contributed by atoms with Crippen molar-refractivity contribution >= 4 is 0 Å². The normalized spacial score (nSPS) is 56.9. The van der Waals surface area contributed by atoms with Crippen LogP contribution in [-0.2, 0) is 33.2 Å². The number of ether oxygens (including phenoxy) is 7. The number of rotatable bonds is 6. The van der Waals surface area contributed by atoms with E-state index in [2.05, 4.69) is 0 Å². The minimum absolute atomic E-state index is 0.954. The van der Waals surface area contributed by atoms with Crippen LogP contribution in [0.1, 0.15) is 27.7 Å². The van der Waals surface area contributed by atoms with Gasteiger partial charge >= 0.3 is 0 Å². The molecule has 17 heteroatoms. The molecule has 0 saturated carbocycles. The number of hydrogen-bond acceptors (Lipinski definition) is 17. The number of hydrogen-bond donors (Lipinski definition) is 10. The van der Waals surface area contributed by atoms with Gasteiger partial charge in [-0.15, -0.1) is 0 Å². The van der Waals surface area contributed by atoms with Gasteiger partial charge in [0.25, 0.3) is 0 Å². The molecule has 0 bridgehead atoms. The van der Waals surface area contributed by atoms with Crippen molar-refractivity contribution in [3.05, 3.63) is 0 Å². The van der Waals surface area contributed by atoms with Crippen LogP contribution in [0.2, 0.25) is 0 Å². The van der Waals surface area contributed by atoms with Crippen molar-refractivity contribution in [2.45, 2.75) is 151 Å². The van der Waals surface area contributed by atoms with Gasteiger partial charge in [0.05, 0.1) is 24.4 Å². The summed E-state index contributed by atoms with van der Waals surface area (Å²) in [5.41, 5.74) is 0. The molecule has 4 heterocycles. The van der Waals surface area contributed by atoms with E-state index in [1.165, 1.54) is 27.7 Å². The third-order valence-corrected chi connectivity index (χ3v) is 8.05. The smallest absolute Gasteiger partial charge is 0.187 e. The highest BCUT2D eigenvalue weighted by Crippen LogP contribution is 2.35. The predicted octanol–water partition coefficient (Wildman–Crippen LogP) is -5.64. The molecule has 0 radical (unpaired) electrons. The molecule has 240 valence electrons. The van der Waals surface area contributed by atoms with Crippen molar-refractivity contribution in [2.75, 3.05) is 0 Å². The molecule has 4 aliphatic rings. The van der Waals surface area contributed by atoms with E-state index in [4.69, 9.17) is 33.2 Å². The van der Waals surface area contributed by atoms with Crippen LogP contribution < -0.4 is 0 Å². The Morgan fingerprint density at radius 3 is 1.22 bits per heavy atom. The highest BCUT2D eigenvalue weighted by atomic mass is 16.8. The van der Waals surface area contributed by atoms with Crippen LogP contribution in [0.25, 0.3) is 0 Å². The molecule has 17 nitrogen and oxygen atoms in total. The Hall–Kier alpha value is -0.680. The number of aliphatic hydroxyl groups excluding tert-OH is 10. The summed E-state index contributed by atoms with van der Waals surface area (Å²) >= 11 is 0. The van der Waals surface area contributed by atoms with Crippen LogP contribution in [0.4, 0.5) is 0 Å². The Kier molecular flexibility index (Phi) is 10.6. The van der Waals surface area contributed by atoms with Crippen LogP contribution in [0.3, 0.4) is 0 Å². The molecule has 0 aromatic carbocycles. The summed E-state index contributed by atoms with van der Waals surface area (Å²) in [6.07, 6.45) is -30.2. The minimum Gasteiger partial charge on any atom is -0.388 e. The van der Waals surface area contributed by atoms with E-state index in [-0.39, 0.29) is 0 Å². The second-order valence-corrected chi connectivity index (χ2v) is 11.1. The van der Waals surface area contributed by atoms with Gasteiger partial charge in [-0.1, -0.05) is 0 Å². The molecule has 0 unspecified atom stereocenters. The first-order chi connectivity index (χ1) is 19.1. The molecule has 4 aliphatic heterocycles. The van der Waals surface area contributed by atoms with E-state index in [0.717, 1.165) is 0 Å². The Balaban J connectivity index is 1.64. The van der Waals surface area contributed by atoms with Crippen molar-refractivity contribution in [1.29, 1.82) is 0 Å². The maximum atomic E-state index is 11.1. The molecule has 0 spiro atoms. The average Bonchev–Trinajstić information content (AvgIpc) is 2.92. The maximum Gasteiger partial charge on any atom is 0.187 e. The zero-order valence-corrected chi connectivity index (χ0v) is 22.9. The Morgan fingerprint density at radius 1 is 0.341 bits per heavy atom. The molecule has 0 amide bonds. The van der Waals surface area contributed by atoms with Gasteiger partial charge in [0.1, 0.15) is 73.2 Å². The van der Waals surface area contributed by atoms with E-state index < -0.39 is 123 Å². The zero-order chi connectivity index (χ0) is 30.5. The van der Waals surface area contributed by atoms with Crippen molar-refractivity contribution in [2.24, 2.45) is 0 Å². The molecule has 4 saturated heterocycles. The van der Waals surface area contributed by atoms with E-state index in [9.17, 15) is 51.1 Å². The molecule has 0 aromatic rings. The van der Waals surface area contributed by atoms with Crippen LogP contribution in [-0.4, -0.2) is 174 Å². The lowest BCUT2D eigenvalue weighted by molar-refractivity contribution is -0.403. The quantitative estimate of drug-likeness (QED) is 0.136. The van der Waals surface area contributed by atoms with Crippen molar-refractivity contribution in [3.63, 3.8) is 0 Å². The fourth-order valence-corrected chi connectivity index (χ4v) is 5.28. The van der Waals surface area contributed by atoms with Crippen molar-refractivity contribution in [3.8, 4) is 0 Å². The third-order valence-electron chi connectivity index (χ3n) is 8.05. The molecule has 0 aliphatic carbocycles. The Bertz CT molecular complexity index is 853. The van der Waals surface area contributed by atoms with Gasteiger partial charge in [0.15, 0.2) is 25.2 Å². The molecular formula is C24H42O17. The van der Waals surface area contributed by atoms with Gasteiger partial charge in [-0.05, 0) is 27.7 Å². The number of aliphatic hydroxyl groups is 10. The molecular weight excluding hydrogens is 560 g/mol. The van der Waals surface area contributed by atoms with Crippen molar-refractivity contribution in [1.82, 2.24) is 0 Å². The second kappa shape index (κ2) is 13.1. The van der Waals surface area contributed by atoms with Crippen LogP contribution in [0, 0.1) is 0 Å². The summed E-state index contributed by atoms with van der Waals surface area (Å²) in [6.45, 7) is 5.66. The average molecular weight is 603 g/mol. The third kappa shape index (κ3) is 6.57. The van der Waals surface area contributed by atoms with Gasteiger partial charge in [0.2, 0.25) is 0 Å². The largest absolute Gasteiger partial charge is 0.388 e. The lowest BCUT2D eigenvalue weighted by Crippen LogP contribution is -2.67. The molecule has 41 heavy (non-hydrogen) atoms. The Morgan fingerprint density at radius 2 is 0.707 bits per heavy atom. The lowest BCUT2D eigenvalue weighted by atomic mass is 9.96. The zero-order valence-electron chi connectivity index (χ0n) is 22.9. The fraction of sp³-hybridized carbons (Fsp3) is 1.00. The first kappa shape index (κ1) is 33.2. The van der Waals surface area contributed by atoms with Crippen LogP contribution in [0.15, 0.2) is 0 Å². The van der Waals surface area contributed by atoms with E-state index in [0.29, 0.717) is 0 Å². The summed E-state index contributed by atoms with van der Waals surface area (Å²) < 4.78 is 39.5. The molecule has 4 rings (SSSR count). The van der Waals surface area contributed by atoms with Crippen LogP contribution in [0.5, 0.6) is 0 Å². The molecule has 4 fully saturated rings. The van der Waals surface area contributed by atoms with Gasteiger partial charge in [-0.25, -0.2) is 0 Å². The van der Waals surface area contributed by atoms with E-state index in [1.807, 2.05) is 0 Å². The van der Waals surface area contributed by atoms with Gasteiger partial charge in [-0.2, -0.15) is 0 Å². The summed E-state index contributed by atoms with van der Waals surface area (Å²) in [5.74, 6) is 0. The maximum absolute atomic E-state index is 11.1. The lowest BCUT2D eigenvalue weighted by Gasteiger charge is -2.50. The van der Waals surface area contributed by atoms with Gasteiger partial charge in [0, 0.05) is 0 Å². The van der Waals surface area contributed by atoms with Crippen LogP contribution >= 0.6 is 0 Å². The molecule has 0 aromatic heterocycles. The monoisotopic (exact) mass is 602 g/mol. The SMILES string of the molecule is C[C@@H]1O[C@@H](O[C@@H]2[C@@H](O)[C@H](C)O[C@@H](O[C@@H]3[C@H](O)[C@@H](O)[C@H](C)O[C@H]3O)[C@@H]2O[C@@H]2O[C@@H](C)[C@H](O)[C@@H](O)[C@H]2O)[C@H](O)[C@H](O)[C@H]1O. The Labute approximate surface area is 235 Å². The van der Waals surface area contributed by atoms with E-state index in [1.54, 1.807) is 0 Å². The molecule has 10 N–H and O–H groups in total. The topological polar surface area (TPSA) is 267 Å².